The van der Waals surface area contributed by atoms with Gasteiger partial charge in [-0.1, -0.05) is 18.2 Å². The molecule has 2 nitrogen and oxygen atoms in total. The highest BCUT2D eigenvalue weighted by atomic mass is 16.5. The summed E-state index contributed by atoms with van der Waals surface area (Å²) < 4.78 is 5.10. The quantitative estimate of drug-likeness (QED) is 0.253. The monoisotopic (exact) mass is 214 g/mol. The van der Waals surface area contributed by atoms with Crippen molar-refractivity contribution < 1.29 is 9.53 Å². The minimum absolute atomic E-state index is 0.373. The van der Waals surface area contributed by atoms with Crippen molar-refractivity contribution in [2.24, 2.45) is 0 Å². The topological polar surface area (TPSA) is 26.3 Å². The first-order valence-electron chi connectivity index (χ1n) is 5.11. The summed E-state index contributed by atoms with van der Waals surface area (Å²) in [7, 11) is 0. The Bertz CT molecular complexity index is 425. The number of unbranched alkanes of at least 4 members (excludes halogenated alkanes) is 1. The van der Waals surface area contributed by atoms with Crippen molar-refractivity contribution >= 4 is 5.97 Å². The van der Waals surface area contributed by atoms with Gasteiger partial charge in [0.2, 0.25) is 0 Å². The molecule has 0 saturated carbocycles. The first-order valence-corrected chi connectivity index (χ1v) is 5.11. The minimum Gasteiger partial charge on any atom is -0.423 e. The van der Waals surface area contributed by atoms with E-state index in [2.05, 4.69) is 5.92 Å². The zero-order chi connectivity index (χ0) is 11.8. The van der Waals surface area contributed by atoms with Crippen LogP contribution in [0.15, 0.2) is 36.4 Å². The molecule has 0 atom stereocenters. The Morgan fingerprint density at radius 1 is 1.56 bits per heavy atom. The number of esters is 1. The fourth-order valence-electron chi connectivity index (χ4n) is 1.18. The van der Waals surface area contributed by atoms with E-state index >= 15 is 0 Å². The van der Waals surface area contributed by atoms with Gasteiger partial charge in [0.25, 0.3) is 0 Å². The molecule has 1 aromatic rings. The standard InChI is InChI=1S/C14H14O2/c1-3-4-5-6-10-14(15)16-13-9-7-8-12(2)11-13/h1,6-11H,4-5H2,2H3/b10-6+. The van der Waals surface area contributed by atoms with Crippen LogP contribution in [0.5, 0.6) is 5.75 Å². The molecule has 0 unspecified atom stereocenters. The predicted molar refractivity (Wildman–Crippen MR) is 64.0 cm³/mol. The number of allylic oxidation sites excluding steroid dienone is 1. The van der Waals surface area contributed by atoms with Crippen LogP contribution in [-0.4, -0.2) is 5.97 Å². The molecule has 82 valence electrons. The van der Waals surface area contributed by atoms with Gasteiger partial charge in [0.15, 0.2) is 0 Å². The van der Waals surface area contributed by atoms with Crippen molar-refractivity contribution in [3.05, 3.63) is 42.0 Å². The third kappa shape index (κ3) is 4.47. The summed E-state index contributed by atoms with van der Waals surface area (Å²) in [6, 6.07) is 7.35. The second-order valence-corrected chi connectivity index (χ2v) is 3.38. The molecular weight excluding hydrogens is 200 g/mol. The molecule has 2 heteroatoms. The van der Waals surface area contributed by atoms with E-state index < -0.39 is 0 Å². The lowest BCUT2D eigenvalue weighted by Crippen LogP contribution is -2.03. The molecule has 0 radical (unpaired) electrons. The SMILES string of the molecule is C#CCC/C=C/C(=O)Oc1cccc(C)c1. The number of terminal acetylenes is 1. The molecule has 0 aliphatic rings. The zero-order valence-corrected chi connectivity index (χ0v) is 9.27. The van der Waals surface area contributed by atoms with Gasteiger partial charge in [-0.25, -0.2) is 4.79 Å². The normalized spacial score (nSPS) is 10.0. The molecule has 1 aromatic carbocycles. The second kappa shape index (κ2) is 6.47. The van der Waals surface area contributed by atoms with Gasteiger partial charge < -0.3 is 4.74 Å². The molecule has 16 heavy (non-hydrogen) atoms. The van der Waals surface area contributed by atoms with Crippen LogP contribution in [0.3, 0.4) is 0 Å². The number of benzene rings is 1. The number of ether oxygens (including phenoxy) is 1. The van der Waals surface area contributed by atoms with Crippen molar-refractivity contribution in [3.63, 3.8) is 0 Å². The van der Waals surface area contributed by atoms with Gasteiger partial charge in [-0.05, 0) is 31.0 Å². The first kappa shape index (κ1) is 12.1. The number of carbonyl (C=O) groups is 1. The fraction of sp³-hybridized carbons (Fsp3) is 0.214. The largest absolute Gasteiger partial charge is 0.423 e. The van der Waals surface area contributed by atoms with Gasteiger partial charge in [0.1, 0.15) is 5.75 Å². The molecule has 0 heterocycles. The van der Waals surface area contributed by atoms with E-state index in [1.54, 1.807) is 12.1 Å². The Morgan fingerprint density at radius 2 is 2.38 bits per heavy atom. The van der Waals surface area contributed by atoms with Crippen LogP contribution in [0.1, 0.15) is 18.4 Å². The number of hydrogen-bond donors (Lipinski definition) is 0. The summed E-state index contributed by atoms with van der Waals surface area (Å²) in [5.41, 5.74) is 1.06. The first-order chi connectivity index (χ1) is 7.72. The Morgan fingerprint density at radius 3 is 3.06 bits per heavy atom. The third-order valence-corrected chi connectivity index (χ3v) is 1.92. The number of aryl methyl sites for hydroxylation is 1. The fourth-order valence-corrected chi connectivity index (χ4v) is 1.18. The van der Waals surface area contributed by atoms with Crippen LogP contribution in [-0.2, 0) is 4.79 Å². The van der Waals surface area contributed by atoms with E-state index in [0.29, 0.717) is 18.6 Å². The number of carbonyl (C=O) groups excluding carboxylic acids is 1. The summed E-state index contributed by atoms with van der Waals surface area (Å²) in [6.07, 6.45) is 9.54. The van der Waals surface area contributed by atoms with E-state index in [1.807, 2.05) is 25.1 Å². The lowest BCUT2D eigenvalue weighted by molar-refractivity contribution is -0.129. The molecule has 1 rings (SSSR count). The maximum Gasteiger partial charge on any atom is 0.335 e. The van der Waals surface area contributed by atoms with Crippen molar-refractivity contribution in [1.82, 2.24) is 0 Å². The number of hydrogen-bond acceptors (Lipinski definition) is 2. The summed E-state index contributed by atoms with van der Waals surface area (Å²) >= 11 is 0. The smallest absolute Gasteiger partial charge is 0.335 e. The van der Waals surface area contributed by atoms with Gasteiger partial charge in [-0.15, -0.1) is 12.3 Å². The van der Waals surface area contributed by atoms with Crippen molar-refractivity contribution in [2.75, 3.05) is 0 Å². The summed E-state index contributed by atoms with van der Waals surface area (Å²) in [5, 5.41) is 0. The van der Waals surface area contributed by atoms with Crippen LogP contribution >= 0.6 is 0 Å². The highest BCUT2D eigenvalue weighted by Gasteiger charge is 1.99. The zero-order valence-electron chi connectivity index (χ0n) is 9.27. The van der Waals surface area contributed by atoms with Gasteiger partial charge in [0, 0.05) is 12.5 Å². The average molecular weight is 214 g/mol. The van der Waals surface area contributed by atoms with Crippen molar-refractivity contribution in [2.45, 2.75) is 19.8 Å². The second-order valence-electron chi connectivity index (χ2n) is 3.38. The Hall–Kier alpha value is -2.01. The Balaban J connectivity index is 2.46. The molecule has 0 aliphatic carbocycles. The predicted octanol–water partition coefficient (Wildman–Crippen LogP) is 2.87. The van der Waals surface area contributed by atoms with Gasteiger partial charge >= 0.3 is 5.97 Å². The van der Waals surface area contributed by atoms with Crippen molar-refractivity contribution in [3.8, 4) is 18.1 Å². The van der Waals surface area contributed by atoms with Crippen LogP contribution < -0.4 is 4.74 Å². The molecule has 0 bridgehead atoms. The van der Waals surface area contributed by atoms with Gasteiger partial charge in [-0.3, -0.25) is 0 Å². The molecule has 0 saturated heterocycles. The minimum atomic E-state index is -0.373. The van der Waals surface area contributed by atoms with E-state index in [4.69, 9.17) is 11.2 Å². The Labute approximate surface area is 95.9 Å². The van der Waals surface area contributed by atoms with Gasteiger partial charge in [-0.2, -0.15) is 0 Å². The van der Waals surface area contributed by atoms with Gasteiger partial charge in [0.05, 0.1) is 0 Å². The lowest BCUT2D eigenvalue weighted by atomic mass is 10.2. The van der Waals surface area contributed by atoms with E-state index in [-0.39, 0.29) is 5.97 Å². The summed E-state index contributed by atoms with van der Waals surface area (Å²) in [4.78, 5) is 11.3. The molecular formula is C14H14O2. The van der Waals surface area contributed by atoms with Crippen LogP contribution in [0.25, 0.3) is 0 Å². The highest BCUT2D eigenvalue weighted by Crippen LogP contribution is 2.12. The van der Waals surface area contributed by atoms with Crippen LogP contribution in [0.4, 0.5) is 0 Å². The summed E-state index contributed by atoms with van der Waals surface area (Å²) in [5.74, 6) is 2.68. The third-order valence-electron chi connectivity index (χ3n) is 1.92. The molecule has 0 N–H and O–H groups in total. The van der Waals surface area contributed by atoms with E-state index in [1.165, 1.54) is 6.08 Å². The van der Waals surface area contributed by atoms with E-state index in [9.17, 15) is 4.79 Å². The average Bonchev–Trinajstić information content (AvgIpc) is 2.24. The highest BCUT2D eigenvalue weighted by molar-refractivity contribution is 5.83. The summed E-state index contributed by atoms with van der Waals surface area (Å²) in [6.45, 7) is 1.94. The molecule has 0 aliphatic heterocycles. The number of rotatable bonds is 4. The molecule has 0 aromatic heterocycles. The van der Waals surface area contributed by atoms with Crippen molar-refractivity contribution in [1.29, 1.82) is 0 Å². The maximum absolute atomic E-state index is 11.3. The Kier molecular flexibility index (Phi) is 4.88. The molecule has 0 fully saturated rings. The molecule has 0 amide bonds. The molecule has 0 spiro atoms. The lowest BCUT2D eigenvalue weighted by Gasteiger charge is -2.01. The van der Waals surface area contributed by atoms with Crippen LogP contribution in [0, 0.1) is 19.3 Å². The maximum atomic E-state index is 11.3. The van der Waals surface area contributed by atoms with E-state index in [0.717, 1.165) is 5.56 Å². The van der Waals surface area contributed by atoms with Crippen LogP contribution in [0.2, 0.25) is 0 Å².